The van der Waals surface area contributed by atoms with Crippen molar-refractivity contribution in [2.24, 2.45) is 0 Å². The van der Waals surface area contributed by atoms with Crippen LogP contribution in [0.5, 0.6) is 11.5 Å². The minimum absolute atomic E-state index is 0.108. The van der Waals surface area contributed by atoms with Gasteiger partial charge >= 0.3 is 0 Å². The Balaban J connectivity index is 0.00000166. The zero-order valence-corrected chi connectivity index (χ0v) is 19.6. The van der Waals surface area contributed by atoms with E-state index in [-0.39, 0.29) is 12.2 Å². The van der Waals surface area contributed by atoms with Crippen molar-refractivity contribution in [1.82, 2.24) is 4.57 Å². The van der Waals surface area contributed by atoms with Gasteiger partial charge in [-0.3, -0.25) is 9.36 Å². The molecule has 0 spiro atoms. The fourth-order valence-electron chi connectivity index (χ4n) is 2.69. The standard InChI is InChI=1S/C23H25NO4S.C2H6/c1-23(2,26)16-28-20-10-9-18(14-21(20)27-3)24-12-11-17(13-22(24)25)15-29-19-7-5-4-6-8-19;1-2/h4-14,26H,15-16H2,1-3H3;1-2H3. The topological polar surface area (TPSA) is 60.7 Å². The van der Waals surface area contributed by atoms with Crippen LogP contribution in [-0.4, -0.2) is 29.0 Å². The fraction of sp³-hybridized carbons (Fsp3) is 0.320. The second kappa shape index (κ2) is 11.6. The first-order valence-corrected chi connectivity index (χ1v) is 11.3. The first-order chi connectivity index (χ1) is 14.9. The molecule has 1 N–H and O–H groups in total. The number of aromatic nitrogens is 1. The summed E-state index contributed by atoms with van der Waals surface area (Å²) in [5, 5.41) is 9.84. The van der Waals surface area contributed by atoms with E-state index in [4.69, 9.17) is 9.47 Å². The molecule has 31 heavy (non-hydrogen) atoms. The highest BCUT2D eigenvalue weighted by Gasteiger charge is 2.16. The zero-order chi connectivity index (χ0) is 22.9. The van der Waals surface area contributed by atoms with Crippen molar-refractivity contribution in [1.29, 1.82) is 0 Å². The third-order valence-corrected chi connectivity index (χ3v) is 5.22. The van der Waals surface area contributed by atoms with Crippen LogP contribution in [0.25, 0.3) is 5.69 Å². The summed E-state index contributed by atoms with van der Waals surface area (Å²) >= 11 is 1.69. The largest absolute Gasteiger partial charge is 0.493 e. The first kappa shape index (κ1) is 24.6. The van der Waals surface area contributed by atoms with Crippen LogP contribution in [0.2, 0.25) is 0 Å². The van der Waals surface area contributed by atoms with Gasteiger partial charge in [0.2, 0.25) is 0 Å². The summed E-state index contributed by atoms with van der Waals surface area (Å²) in [4.78, 5) is 13.8. The van der Waals surface area contributed by atoms with Crippen molar-refractivity contribution in [3.05, 3.63) is 82.8 Å². The lowest BCUT2D eigenvalue weighted by atomic mass is 10.2. The van der Waals surface area contributed by atoms with Crippen molar-refractivity contribution in [2.45, 2.75) is 43.9 Å². The normalized spacial score (nSPS) is 10.8. The van der Waals surface area contributed by atoms with Gasteiger partial charge in [-0.05, 0) is 49.7 Å². The molecule has 1 aromatic heterocycles. The summed E-state index contributed by atoms with van der Waals surface area (Å²) in [7, 11) is 1.54. The molecule has 5 nitrogen and oxygen atoms in total. The number of nitrogens with zero attached hydrogens (tertiary/aromatic N) is 1. The lowest BCUT2D eigenvalue weighted by molar-refractivity contribution is 0.0276. The molecule has 3 aromatic rings. The van der Waals surface area contributed by atoms with Gasteiger partial charge in [-0.25, -0.2) is 0 Å². The molecule has 0 bridgehead atoms. The van der Waals surface area contributed by atoms with E-state index < -0.39 is 5.60 Å². The molecular weight excluding hydrogens is 410 g/mol. The van der Waals surface area contributed by atoms with Crippen LogP contribution >= 0.6 is 11.8 Å². The van der Waals surface area contributed by atoms with E-state index in [1.165, 1.54) is 4.90 Å². The number of hydrogen-bond acceptors (Lipinski definition) is 5. The van der Waals surface area contributed by atoms with Crippen LogP contribution in [0.15, 0.2) is 76.6 Å². The molecular formula is C25H31NO4S. The molecule has 1 heterocycles. The molecule has 3 rings (SSSR count). The Hall–Kier alpha value is -2.70. The number of hydrogen-bond donors (Lipinski definition) is 1. The molecule has 0 unspecified atom stereocenters. The minimum atomic E-state index is -0.950. The summed E-state index contributed by atoms with van der Waals surface area (Å²) < 4.78 is 12.6. The molecule has 166 valence electrons. The van der Waals surface area contributed by atoms with E-state index >= 15 is 0 Å². The predicted molar refractivity (Wildman–Crippen MR) is 128 cm³/mol. The summed E-state index contributed by atoms with van der Waals surface area (Å²) in [6, 6.07) is 19.0. The molecule has 0 aliphatic rings. The van der Waals surface area contributed by atoms with E-state index in [1.807, 2.05) is 38.1 Å². The maximum absolute atomic E-state index is 12.6. The van der Waals surface area contributed by atoms with Gasteiger partial charge in [-0.1, -0.05) is 32.0 Å². The molecule has 0 radical (unpaired) electrons. The van der Waals surface area contributed by atoms with Gasteiger partial charge in [0.05, 0.1) is 18.4 Å². The number of ether oxygens (including phenoxy) is 2. The van der Waals surface area contributed by atoms with Gasteiger partial charge < -0.3 is 14.6 Å². The molecule has 6 heteroatoms. The van der Waals surface area contributed by atoms with Crippen LogP contribution in [0.3, 0.4) is 0 Å². The van der Waals surface area contributed by atoms with Crippen molar-refractivity contribution in [3.63, 3.8) is 0 Å². The highest BCUT2D eigenvalue weighted by Crippen LogP contribution is 2.30. The third kappa shape index (κ3) is 7.49. The van der Waals surface area contributed by atoms with Crippen molar-refractivity contribution >= 4 is 11.8 Å². The van der Waals surface area contributed by atoms with E-state index in [2.05, 4.69) is 12.1 Å². The highest BCUT2D eigenvalue weighted by molar-refractivity contribution is 7.98. The van der Waals surface area contributed by atoms with Gasteiger partial charge in [0, 0.05) is 29.0 Å². The summed E-state index contributed by atoms with van der Waals surface area (Å²) in [5.41, 5.74) is 0.596. The van der Waals surface area contributed by atoms with Crippen LogP contribution in [0.4, 0.5) is 0 Å². The molecule has 0 saturated carbocycles. The Morgan fingerprint density at radius 3 is 2.32 bits per heavy atom. The second-order valence-corrected chi connectivity index (χ2v) is 8.33. The lowest BCUT2D eigenvalue weighted by Gasteiger charge is -2.19. The van der Waals surface area contributed by atoms with Gasteiger partial charge in [0.1, 0.15) is 6.61 Å². The molecule has 0 atom stereocenters. The van der Waals surface area contributed by atoms with E-state index in [9.17, 15) is 9.90 Å². The van der Waals surface area contributed by atoms with Gasteiger partial charge in [-0.15, -0.1) is 11.8 Å². The predicted octanol–water partition coefficient (Wildman–Crippen LogP) is 5.31. The third-order valence-electron chi connectivity index (χ3n) is 4.14. The number of benzene rings is 2. The zero-order valence-electron chi connectivity index (χ0n) is 18.8. The summed E-state index contributed by atoms with van der Waals surface area (Å²) in [6.07, 6.45) is 1.77. The lowest BCUT2D eigenvalue weighted by Crippen LogP contribution is -2.28. The van der Waals surface area contributed by atoms with Gasteiger partial charge in [0.15, 0.2) is 11.5 Å². The number of rotatable bonds is 8. The molecule has 0 fully saturated rings. The molecule has 2 aromatic carbocycles. The van der Waals surface area contributed by atoms with Crippen molar-refractivity contribution < 1.29 is 14.6 Å². The van der Waals surface area contributed by atoms with Crippen LogP contribution < -0.4 is 15.0 Å². The average Bonchev–Trinajstić information content (AvgIpc) is 2.78. The number of pyridine rings is 1. The van der Waals surface area contributed by atoms with E-state index in [0.29, 0.717) is 17.2 Å². The maximum atomic E-state index is 12.6. The number of methoxy groups -OCH3 is 1. The monoisotopic (exact) mass is 441 g/mol. The van der Waals surface area contributed by atoms with Crippen LogP contribution in [0.1, 0.15) is 33.3 Å². The Bertz CT molecular complexity index is 1010. The second-order valence-electron chi connectivity index (χ2n) is 7.28. The van der Waals surface area contributed by atoms with Gasteiger partial charge in [-0.2, -0.15) is 0 Å². The van der Waals surface area contributed by atoms with Crippen molar-refractivity contribution in [2.75, 3.05) is 13.7 Å². The van der Waals surface area contributed by atoms with E-state index in [1.54, 1.807) is 67.7 Å². The number of aliphatic hydroxyl groups is 1. The molecule has 0 aliphatic heterocycles. The SMILES string of the molecule is CC.COc1cc(-n2ccc(CSc3ccccc3)cc2=O)ccc1OCC(C)(C)O. The maximum Gasteiger partial charge on any atom is 0.255 e. The average molecular weight is 442 g/mol. The summed E-state index contributed by atoms with van der Waals surface area (Å²) in [5.74, 6) is 1.75. The first-order valence-electron chi connectivity index (χ1n) is 10.3. The Labute approximate surface area is 188 Å². The Kier molecular flexibility index (Phi) is 9.21. The smallest absolute Gasteiger partial charge is 0.255 e. The van der Waals surface area contributed by atoms with Crippen LogP contribution in [0, 0.1) is 0 Å². The Morgan fingerprint density at radius 2 is 1.71 bits per heavy atom. The fourth-order valence-corrected chi connectivity index (χ4v) is 3.55. The minimum Gasteiger partial charge on any atom is -0.493 e. The highest BCUT2D eigenvalue weighted by atomic mass is 32.2. The molecule has 0 aliphatic carbocycles. The Morgan fingerprint density at radius 1 is 1.00 bits per heavy atom. The number of thioether (sulfide) groups is 1. The van der Waals surface area contributed by atoms with Crippen molar-refractivity contribution in [3.8, 4) is 17.2 Å². The van der Waals surface area contributed by atoms with E-state index in [0.717, 1.165) is 11.3 Å². The molecule has 0 saturated heterocycles. The van der Waals surface area contributed by atoms with Gasteiger partial charge in [0.25, 0.3) is 5.56 Å². The van der Waals surface area contributed by atoms with Crippen LogP contribution in [-0.2, 0) is 5.75 Å². The molecule has 0 amide bonds. The quantitative estimate of drug-likeness (QED) is 0.480. The summed E-state index contributed by atoms with van der Waals surface area (Å²) in [6.45, 7) is 7.48.